The summed E-state index contributed by atoms with van der Waals surface area (Å²) in [4.78, 5) is 43.5. The summed E-state index contributed by atoms with van der Waals surface area (Å²) in [5.41, 5.74) is 1.96. The van der Waals surface area contributed by atoms with Gasteiger partial charge in [0.05, 0.1) is 22.7 Å². The number of halogens is 5. The number of rotatable bonds is 12. The van der Waals surface area contributed by atoms with Crippen LogP contribution in [0.3, 0.4) is 0 Å². The van der Waals surface area contributed by atoms with Gasteiger partial charge >= 0.3 is 12.1 Å². The molecule has 0 spiro atoms. The average molecular weight is 676 g/mol. The minimum atomic E-state index is -1.72. The molecule has 1 N–H and O–H groups in total. The van der Waals surface area contributed by atoms with Gasteiger partial charge in [-0.2, -0.15) is 0 Å². The molecule has 8 nitrogen and oxygen atoms in total. The maximum absolute atomic E-state index is 12.8. The minimum Gasteiger partial charge on any atom is -0.467 e. The molecule has 1 heterocycles. The van der Waals surface area contributed by atoms with Crippen LogP contribution >= 0.6 is 58.0 Å². The van der Waals surface area contributed by atoms with Crippen LogP contribution < -0.4 is 10.2 Å². The Hall–Kier alpha value is -2.75. The van der Waals surface area contributed by atoms with E-state index in [2.05, 4.69) is 10.3 Å². The molecule has 3 aromatic rings. The number of hydrogen-bond donors (Lipinski definition) is 1. The molecule has 3 rings (SSSR count). The number of aryl methyl sites for hydroxylation is 1. The smallest absolute Gasteiger partial charge is 0.415 e. The van der Waals surface area contributed by atoms with Crippen LogP contribution in [0.1, 0.15) is 34.3 Å². The van der Waals surface area contributed by atoms with E-state index < -0.39 is 27.8 Å². The van der Waals surface area contributed by atoms with Crippen molar-refractivity contribution in [1.82, 2.24) is 10.3 Å². The quantitative estimate of drug-likeness (QED) is 0.124. The second-order valence-electron chi connectivity index (χ2n) is 9.13. The van der Waals surface area contributed by atoms with E-state index in [4.69, 9.17) is 67.5 Å². The summed E-state index contributed by atoms with van der Waals surface area (Å²) in [7, 11) is 1.25. The van der Waals surface area contributed by atoms with Gasteiger partial charge in [0, 0.05) is 19.2 Å². The summed E-state index contributed by atoms with van der Waals surface area (Å²) in [6.45, 7) is -0.0375. The van der Waals surface area contributed by atoms with E-state index in [0.29, 0.717) is 18.8 Å². The Morgan fingerprint density at radius 1 is 0.929 bits per heavy atom. The minimum absolute atomic E-state index is 0.0882. The van der Waals surface area contributed by atoms with Crippen LogP contribution in [-0.2, 0) is 27.1 Å². The van der Waals surface area contributed by atoms with Crippen molar-refractivity contribution >= 4 is 81.8 Å². The van der Waals surface area contributed by atoms with Gasteiger partial charge in [0.2, 0.25) is 3.79 Å². The number of amides is 2. The maximum atomic E-state index is 12.8. The fourth-order valence-corrected chi connectivity index (χ4v) is 4.72. The van der Waals surface area contributed by atoms with E-state index in [1.807, 2.05) is 24.3 Å². The van der Waals surface area contributed by atoms with E-state index in [9.17, 15) is 14.4 Å². The number of hydrogen-bond acceptors (Lipinski definition) is 6. The highest BCUT2D eigenvalue weighted by Gasteiger charge is 2.26. The van der Waals surface area contributed by atoms with Crippen LogP contribution in [0.15, 0.2) is 66.9 Å². The van der Waals surface area contributed by atoms with Crippen molar-refractivity contribution in [3.63, 3.8) is 0 Å². The van der Waals surface area contributed by atoms with Crippen molar-refractivity contribution in [3.05, 3.63) is 93.6 Å². The van der Waals surface area contributed by atoms with E-state index in [1.165, 1.54) is 12.0 Å². The van der Waals surface area contributed by atoms with Crippen LogP contribution in [-0.4, -0.2) is 53.0 Å². The lowest BCUT2D eigenvalue weighted by molar-refractivity contribution is -0.142. The lowest BCUT2D eigenvalue weighted by Crippen LogP contribution is -2.43. The molecule has 13 heteroatoms. The Labute approximate surface area is 269 Å². The molecule has 0 unspecified atom stereocenters. The Kier molecular flexibility index (Phi) is 13.0. The number of carbonyl (C=O) groups excluding carboxylic acids is 3. The highest BCUT2D eigenvalue weighted by Crippen LogP contribution is 2.27. The number of unbranched alkanes of at least 4 members (excludes halogenated alkanes) is 1. The average Bonchev–Trinajstić information content (AvgIpc) is 2.96. The Bertz CT molecular complexity index is 1330. The van der Waals surface area contributed by atoms with Crippen molar-refractivity contribution in [2.75, 3.05) is 25.2 Å². The molecule has 0 bridgehead atoms. The highest BCUT2D eigenvalue weighted by atomic mass is 35.6. The molecule has 0 aliphatic carbocycles. The largest absolute Gasteiger partial charge is 0.467 e. The van der Waals surface area contributed by atoms with Gasteiger partial charge in [0.15, 0.2) is 0 Å². The third kappa shape index (κ3) is 10.5. The van der Waals surface area contributed by atoms with Crippen LogP contribution in [0.5, 0.6) is 0 Å². The number of ether oxygens (including phenoxy) is 2. The van der Waals surface area contributed by atoms with Crippen molar-refractivity contribution in [2.24, 2.45) is 0 Å². The summed E-state index contributed by atoms with van der Waals surface area (Å²) >= 11 is 29.4. The fraction of sp³-hybridized carbons (Fsp3) is 0.310. The number of methoxy groups -OCH3 is 1. The molecule has 0 fully saturated rings. The van der Waals surface area contributed by atoms with Crippen molar-refractivity contribution in [3.8, 4) is 0 Å². The standard InChI is InChI=1S/C29H28Cl5N3O5/c1-41-27(39)23(36-26(38)25-21(30)8-6-9-22(25)31)17-20-13-11-19(12-14-20)7-3-5-16-37(24-10-2-4-15-35-24)28(40)42-18-29(32,33)34/h2,4,6,8-15,23H,3,5,7,16-18H2,1H3,(H,36,38)/t23-/m0/s1. The third-order valence-corrected chi connectivity index (χ3v) is 7.00. The van der Waals surface area contributed by atoms with Crippen LogP contribution in [0, 0.1) is 0 Å². The summed E-state index contributed by atoms with van der Waals surface area (Å²) in [5.74, 6) is -0.741. The molecule has 42 heavy (non-hydrogen) atoms. The van der Waals surface area contributed by atoms with Crippen LogP contribution in [0.25, 0.3) is 0 Å². The third-order valence-electron chi connectivity index (χ3n) is 6.05. The number of pyridine rings is 1. The summed E-state index contributed by atoms with van der Waals surface area (Å²) < 4.78 is 8.32. The molecule has 0 aliphatic heterocycles. The van der Waals surface area contributed by atoms with Crippen molar-refractivity contribution < 1.29 is 23.9 Å². The molecule has 0 saturated carbocycles. The normalized spacial score (nSPS) is 11.9. The number of aromatic nitrogens is 1. The van der Waals surface area contributed by atoms with Crippen LogP contribution in [0.2, 0.25) is 10.0 Å². The van der Waals surface area contributed by atoms with Crippen LogP contribution in [0.4, 0.5) is 10.6 Å². The Morgan fingerprint density at radius 2 is 1.60 bits per heavy atom. The zero-order valence-corrected chi connectivity index (χ0v) is 26.3. The zero-order valence-electron chi connectivity index (χ0n) is 22.5. The number of anilines is 1. The number of esters is 1. The van der Waals surface area contributed by atoms with Gasteiger partial charge < -0.3 is 14.8 Å². The van der Waals surface area contributed by atoms with E-state index in [0.717, 1.165) is 24.0 Å². The molecule has 1 atom stereocenters. The predicted molar refractivity (Wildman–Crippen MR) is 166 cm³/mol. The molecule has 1 aromatic heterocycles. The van der Waals surface area contributed by atoms with E-state index in [1.54, 1.807) is 42.6 Å². The predicted octanol–water partition coefficient (Wildman–Crippen LogP) is 7.24. The van der Waals surface area contributed by atoms with Crippen molar-refractivity contribution in [1.29, 1.82) is 0 Å². The van der Waals surface area contributed by atoms with Crippen molar-refractivity contribution in [2.45, 2.75) is 35.5 Å². The first kappa shape index (κ1) is 33.7. The van der Waals surface area contributed by atoms with Gasteiger partial charge in [-0.05, 0) is 54.7 Å². The second-order valence-corrected chi connectivity index (χ2v) is 12.5. The van der Waals surface area contributed by atoms with Gasteiger partial charge in [0.1, 0.15) is 18.5 Å². The summed E-state index contributed by atoms with van der Waals surface area (Å²) in [6.07, 6.45) is 3.28. The number of nitrogens with one attached hydrogen (secondary N) is 1. The molecule has 0 aliphatic rings. The summed E-state index contributed by atoms with van der Waals surface area (Å²) in [5, 5.41) is 3.02. The van der Waals surface area contributed by atoms with E-state index in [-0.39, 0.29) is 28.6 Å². The molecule has 0 radical (unpaired) electrons. The first-order valence-corrected chi connectivity index (χ1v) is 14.7. The SMILES string of the molecule is COC(=O)[C@H](Cc1ccc(CCCCN(C(=O)OCC(Cl)(Cl)Cl)c2ccccn2)cc1)NC(=O)c1c(Cl)cccc1Cl. The van der Waals surface area contributed by atoms with E-state index >= 15 is 0 Å². The maximum Gasteiger partial charge on any atom is 0.415 e. The number of nitrogens with zero attached hydrogens (tertiary/aromatic N) is 2. The molecular formula is C29H28Cl5N3O5. The lowest BCUT2D eigenvalue weighted by atomic mass is 10.0. The zero-order chi connectivity index (χ0) is 30.7. The molecule has 0 saturated heterocycles. The number of benzene rings is 2. The lowest BCUT2D eigenvalue weighted by Gasteiger charge is -2.22. The molecule has 2 amide bonds. The second kappa shape index (κ2) is 16.2. The van der Waals surface area contributed by atoms with Gasteiger partial charge in [-0.15, -0.1) is 0 Å². The van der Waals surface area contributed by atoms with Gasteiger partial charge in [-0.1, -0.05) is 94.4 Å². The monoisotopic (exact) mass is 673 g/mol. The topological polar surface area (TPSA) is 97.8 Å². The molecular weight excluding hydrogens is 648 g/mol. The summed E-state index contributed by atoms with van der Waals surface area (Å²) in [6, 6.07) is 16.6. The van der Waals surface area contributed by atoms with Gasteiger partial charge in [-0.25, -0.2) is 14.6 Å². The molecule has 224 valence electrons. The molecule has 2 aromatic carbocycles. The highest BCUT2D eigenvalue weighted by molar-refractivity contribution is 6.67. The van der Waals surface area contributed by atoms with Gasteiger partial charge in [-0.3, -0.25) is 9.69 Å². The first-order chi connectivity index (χ1) is 20.0. The fourth-order valence-electron chi connectivity index (χ4n) is 3.99. The Balaban J connectivity index is 1.56. The number of carbonyl (C=O) groups is 3. The van der Waals surface area contributed by atoms with Gasteiger partial charge in [0.25, 0.3) is 5.91 Å². The Morgan fingerprint density at radius 3 is 2.19 bits per heavy atom. The first-order valence-electron chi connectivity index (χ1n) is 12.8. The number of alkyl halides is 3.